The number of amides is 1. The molecule has 1 aromatic carbocycles. The number of halogens is 1. The number of hydrogen-bond donors (Lipinski definition) is 1. The molecule has 0 radical (unpaired) electrons. The average molecular weight is 280 g/mol. The second-order valence-corrected chi connectivity index (χ2v) is 5.26. The van der Waals surface area contributed by atoms with Gasteiger partial charge in [0.15, 0.2) is 0 Å². The molecule has 1 heterocycles. The summed E-state index contributed by atoms with van der Waals surface area (Å²) in [5, 5.41) is 2.84. The number of anilines is 1. The second kappa shape index (κ2) is 6.59. The van der Waals surface area contributed by atoms with Gasteiger partial charge in [0.1, 0.15) is 5.82 Å². The molecule has 5 heteroatoms. The second-order valence-electron chi connectivity index (χ2n) is 5.26. The van der Waals surface area contributed by atoms with E-state index in [0.717, 1.165) is 13.0 Å². The maximum absolute atomic E-state index is 13.9. The third kappa shape index (κ3) is 3.62. The number of rotatable bonds is 3. The van der Waals surface area contributed by atoms with Crippen LogP contribution in [-0.4, -0.2) is 31.8 Å². The van der Waals surface area contributed by atoms with Gasteiger partial charge in [-0.15, -0.1) is 0 Å². The Labute approximate surface area is 118 Å². The van der Waals surface area contributed by atoms with Crippen LogP contribution in [0, 0.1) is 11.7 Å². The van der Waals surface area contributed by atoms with Crippen LogP contribution < -0.4 is 10.2 Å². The number of para-hydroxylation sites is 1. The molecule has 1 N–H and O–H groups in total. The maximum atomic E-state index is 13.9. The number of nitrogens with one attached hydrogen (secondary N) is 1. The molecule has 0 aromatic heterocycles. The van der Waals surface area contributed by atoms with E-state index in [1.54, 1.807) is 19.1 Å². The van der Waals surface area contributed by atoms with Crippen molar-refractivity contribution in [2.24, 2.45) is 5.92 Å². The number of carbonyl (C=O) groups excluding carboxylic acids is 1. The molecule has 0 saturated carbocycles. The lowest BCUT2D eigenvalue weighted by atomic mass is 9.95. The van der Waals surface area contributed by atoms with E-state index >= 15 is 0 Å². The van der Waals surface area contributed by atoms with E-state index < -0.39 is 6.09 Å². The summed E-state index contributed by atoms with van der Waals surface area (Å²) >= 11 is 0. The Bertz CT molecular complexity index is 467. The van der Waals surface area contributed by atoms with E-state index in [2.05, 4.69) is 12.2 Å². The molecule has 20 heavy (non-hydrogen) atoms. The Morgan fingerprint density at radius 3 is 2.90 bits per heavy atom. The van der Waals surface area contributed by atoms with Crippen molar-refractivity contribution in [3.63, 3.8) is 0 Å². The van der Waals surface area contributed by atoms with Crippen molar-refractivity contribution >= 4 is 11.8 Å². The van der Waals surface area contributed by atoms with Crippen LogP contribution in [0.15, 0.2) is 24.3 Å². The molecule has 1 aliphatic heterocycles. The van der Waals surface area contributed by atoms with Gasteiger partial charge in [-0.25, -0.2) is 9.18 Å². The summed E-state index contributed by atoms with van der Waals surface area (Å²) in [7, 11) is 0. The number of alkyl carbamates (subject to hydrolysis) is 1. The van der Waals surface area contributed by atoms with Gasteiger partial charge in [-0.2, -0.15) is 0 Å². The van der Waals surface area contributed by atoms with E-state index in [4.69, 9.17) is 4.74 Å². The molecule has 0 spiro atoms. The Morgan fingerprint density at radius 1 is 1.45 bits per heavy atom. The van der Waals surface area contributed by atoms with Gasteiger partial charge in [-0.1, -0.05) is 19.1 Å². The molecule has 2 atom stereocenters. The van der Waals surface area contributed by atoms with Crippen LogP contribution in [0.1, 0.15) is 20.3 Å². The molecule has 1 amide bonds. The summed E-state index contributed by atoms with van der Waals surface area (Å²) in [5.74, 6) is 0.159. The summed E-state index contributed by atoms with van der Waals surface area (Å²) in [4.78, 5) is 13.5. The summed E-state index contributed by atoms with van der Waals surface area (Å²) in [6.45, 7) is 5.62. The quantitative estimate of drug-likeness (QED) is 0.925. The zero-order valence-electron chi connectivity index (χ0n) is 11.9. The molecule has 0 bridgehead atoms. The highest BCUT2D eigenvalue weighted by atomic mass is 19.1. The van der Waals surface area contributed by atoms with Crippen molar-refractivity contribution < 1.29 is 13.9 Å². The minimum atomic E-state index is -0.403. The predicted octanol–water partition coefficient (Wildman–Crippen LogP) is 2.79. The van der Waals surface area contributed by atoms with Crippen LogP contribution in [0.4, 0.5) is 14.9 Å². The first-order valence-electron chi connectivity index (χ1n) is 7.03. The van der Waals surface area contributed by atoms with Gasteiger partial charge in [-0.3, -0.25) is 0 Å². The molecule has 1 saturated heterocycles. The lowest BCUT2D eigenvalue weighted by Gasteiger charge is -2.38. The number of ether oxygens (including phenoxy) is 1. The monoisotopic (exact) mass is 280 g/mol. The first kappa shape index (κ1) is 14.6. The van der Waals surface area contributed by atoms with Crippen molar-refractivity contribution in [2.45, 2.75) is 26.3 Å². The molecular weight excluding hydrogens is 259 g/mol. The Morgan fingerprint density at radius 2 is 2.20 bits per heavy atom. The lowest BCUT2D eigenvalue weighted by molar-refractivity contribution is 0.145. The smallest absolute Gasteiger partial charge is 0.407 e. The third-order valence-corrected chi connectivity index (χ3v) is 3.45. The SMILES string of the molecule is CCOC(=O)NC1CC(C)CN(c2ccccc2F)C1. The average Bonchev–Trinajstić information content (AvgIpc) is 2.38. The highest BCUT2D eigenvalue weighted by Crippen LogP contribution is 2.25. The van der Waals surface area contributed by atoms with Crippen molar-refractivity contribution in [2.75, 3.05) is 24.6 Å². The number of piperidine rings is 1. The van der Waals surface area contributed by atoms with Crippen LogP contribution in [-0.2, 0) is 4.74 Å². The van der Waals surface area contributed by atoms with Crippen molar-refractivity contribution in [1.29, 1.82) is 0 Å². The molecular formula is C15H21FN2O2. The Balaban J connectivity index is 2.05. The number of nitrogens with zero attached hydrogens (tertiary/aromatic N) is 1. The zero-order valence-corrected chi connectivity index (χ0v) is 11.9. The molecule has 110 valence electrons. The molecule has 4 nitrogen and oxygen atoms in total. The highest BCUT2D eigenvalue weighted by molar-refractivity contribution is 5.67. The zero-order chi connectivity index (χ0) is 14.5. The van der Waals surface area contributed by atoms with Gasteiger partial charge < -0.3 is 15.0 Å². The first-order valence-corrected chi connectivity index (χ1v) is 7.03. The van der Waals surface area contributed by atoms with E-state index in [1.807, 2.05) is 11.0 Å². The molecule has 2 rings (SSSR count). The van der Waals surface area contributed by atoms with E-state index in [9.17, 15) is 9.18 Å². The Hall–Kier alpha value is -1.78. The van der Waals surface area contributed by atoms with E-state index in [0.29, 0.717) is 24.8 Å². The molecule has 1 fully saturated rings. The fourth-order valence-corrected chi connectivity index (χ4v) is 2.70. The summed E-state index contributed by atoms with van der Waals surface area (Å²) in [6, 6.07) is 6.72. The van der Waals surface area contributed by atoms with Gasteiger partial charge in [0.25, 0.3) is 0 Å². The summed E-state index contributed by atoms with van der Waals surface area (Å²) < 4.78 is 18.8. The number of hydrogen-bond acceptors (Lipinski definition) is 3. The number of benzene rings is 1. The molecule has 1 aliphatic rings. The minimum Gasteiger partial charge on any atom is -0.450 e. The topological polar surface area (TPSA) is 41.6 Å². The summed E-state index contributed by atoms with van der Waals surface area (Å²) in [6.07, 6.45) is 0.476. The van der Waals surface area contributed by atoms with Gasteiger partial charge in [-0.05, 0) is 31.4 Å². The first-order chi connectivity index (χ1) is 9.60. The van der Waals surface area contributed by atoms with Gasteiger partial charge in [0.05, 0.1) is 12.3 Å². The maximum Gasteiger partial charge on any atom is 0.407 e. The summed E-state index contributed by atoms with van der Waals surface area (Å²) in [5.41, 5.74) is 0.592. The van der Waals surface area contributed by atoms with Crippen LogP contribution in [0.5, 0.6) is 0 Å². The van der Waals surface area contributed by atoms with Crippen LogP contribution in [0.3, 0.4) is 0 Å². The predicted molar refractivity (Wildman–Crippen MR) is 76.3 cm³/mol. The van der Waals surface area contributed by atoms with Gasteiger partial charge in [0, 0.05) is 19.1 Å². The van der Waals surface area contributed by atoms with Crippen molar-refractivity contribution in [1.82, 2.24) is 5.32 Å². The van der Waals surface area contributed by atoms with Crippen LogP contribution >= 0.6 is 0 Å². The van der Waals surface area contributed by atoms with Crippen LogP contribution in [0.25, 0.3) is 0 Å². The van der Waals surface area contributed by atoms with Gasteiger partial charge in [0.2, 0.25) is 0 Å². The minimum absolute atomic E-state index is 0.0163. The van der Waals surface area contributed by atoms with E-state index in [1.165, 1.54) is 6.07 Å². The molecule has 2 unspecified atom stereocenters. The molecule has 0 aliphatic carbocycles. The Kier molecular flexibility index (Phi) is 4.82. The molecule has 1 aromatic rings. The third-order valence-electron chi connectivity index (χ3n) is 3.45. The standard InChI is InChI=1S/C15H21FN2O2/c1-3-20-15(19)17-12-8-11(2)9-18(10-12)14-7-5-4-6-13(14)16/h4-7,11-12H,3,8-10H2,1-2H3,(H,17,19). The van der Waals surface area contributed by atoms with Gasteiger partial charge >= 0.3 is 6.09 Å². The largest absolute Gasteiger partial charge is 0.450 e. The fourth-order valence-electron chi connectivity index (χ4n) is 2.70. The number of carbonyl (C=O) groups is 1. The highest BCUT2D eigenvalue weighted by Gasteiger charge is 2.27. The van der Waals surface area contributed by atoms with Crippen molar-refractivity contribution in [3.05, 3.63) is 30.1 Å². The lowest BCUT2D eigenvalue weighted by Crippen LogP contribution is -2.50. The van der Waals surface area contributed by atoms with E-state index in [-0.39, 0.29) is 11.9 Å². The van der Waals surface area contributed by atoms with Crippen LogP contribution in [0.2, 0.25) is 0 Å². The van der Waals surface area contributed by atoms with Crippen molar-refractivity contribution in [3.8, 4) is 0 Å². The fraction of sp³-hybridized carbons (Fsp3) is 0.533. The normalized spacial score (nSPS) is 22.4.